The summed E-state index contributed by atoms with van der Waals surface area (Å²) in [7, 11) is 0. The molecule has 2 aromatic rings. The molecule has 0 saturated carbocycles. The van der Waals surface area contributed by atoms with Gasteiger partial charge in [0.15, 0.2) is 0 Å². The molecule has 0 unspecified atom stereocenters. The first-order valence-electron chi connectivity index (χ1n) is 4.76. The quantitative estimate of drug-likeness (QED) is 0.690. The zero-order valence-corrected chi connectivity index (χ0v) is 8.50. The molecule has 1 heterocycles. The lowest BCUT2D eigenvalue weighted by Gasteiger charge is -2.11. The zero-order valence-electron chi connectivity index (χ0n) is 8.50. The van der Waals surface area contributed by atoms with Gasteiger partial charge in [-0.3, -0.25) is 4.98 Å². The van der Waals surface area contributed by atoms with E-state index in [2.05, 4.69) is 4.98 Å². The normalized spacial score (nSPS) is 11.5. The first-order chi connectivity index (χ1) is 7.98. The van der Waals surface area contributed by atoms with E-state index in [9.17, 15) is 17.6 Å². The molecule has 17 heavy (non-hydrogen) atoms. The van der Waals surface area contributed by atoms with Crippen molar-refractivity contribution >= 4 is 0 Å². The molecule has 0 aliphatic carbocycles. The highest BCUT2D eigenvalue weighted by Gasteiger charge is 2.35. The van der Waals surface area contributed by atoms with Crippen molar-refractivity contribution in [3.05, 3.63) is 54.0 Å². The highest BCUT2D eigenvalue weighted by atomic mass is 19.4. The minimum atomic E-state index is -4.62. The maximum Gasteiger partial charge on any atom is 0.418 e. The van der Waals surface area contributed by atoms with Crippen LogP contribution in [0.1, 0.15) is 5.56 Å². The van der Waals surface area contributed by atoms with Crippen LogP contribution in [0.5, 0.6) is 0 Å². The number of aromatic nitrogens is 1. The van der Waals surface area contributed by atoms with E-state index in [1.54, 1.807) is 18.2 Å². The lowest BCUT2D eigenvalue weighted by atomic mass is 10.1. The van der Waals surface area contributed by atoms with Gasteiger partial charge in [0.2, 0.25) is 0 Å². The number of hydrogen-bond donors (Lipinski definition) is 0. The maximum absolute atomic E-state index is 12.8. The number of pyridine rings is 1. The van der Waals surface area contributed by atoms with Gasteiger partial charge in [-0.15, -0.1) is 0 Å². The summed E-state index contributed by atoms with van der Waals surface area (Å²) < 4.78 is 51.0. The molecule has 1 nitrogen and oxygen atoms in total. The molecule has 0 saturated heterocycles. The van der Waals surface area contributed by atoms with Gasteiger partial charge in [-0.1, -0.05) is 30.3 Å². The average molecular weight is 241 g/mol. The smallest absolute Gasteiger partial charge is 0.253 e. The van der Waals surface area contributed by atoms with Crippen molar-refractivity contribution in [3.8, 4) is 11.3 Å². The number of benzene rings is 1. The van der Waals surface area contributed by atoms with Crippen LogP contribution in [0.4, 0.5) is 17.6 Å². The van der Waals surface area contributed by atoms with Crippen LogP contribution in [0.25, 0.3) is 11.3 Å². The van der Waals surface area contributed by atoms with Gasteiger partial charge >= 0.3 is 6.18 Å². The summed E-state index contributed by atoms with van der Waals surface area (Å²) in [5.74, 6) is -1.00. The Morgan fingerprint density at radius 2 is 1.65 bits per heavy atom. The van der Waals surface area contributed by atoms with Crippen molar-refractivity contribution in [3.63, 3.8) is 0 Å². The second-order valence-electron chi connectivity index (χ2n) is 3.41. The summed E-state index contributed by atoms with van der Waals surface area (Å²) in [6.07, 6.45) is -3.85. The minimum absolute atomic E-state index is 0.264. The molecule has 1 aromatic heterocycles. The Balaban J connectivity index is 2.63. The van der Waals surface area contributed by atoms with Crippen molar-refractivity contribution in [1.82, 2.24) is 4.98 Å². The zero-order chi connectivity index (χ0) is 12.5. The van der Waals surface area contributed by atoms with Gasteiger partial charge in [-0.25, -0.2) is 4.39 Å². The molecule has 0 N–H and O–H groups in total. The highest BCUT2D eigenvalue weighted by Crippen LogP contribution is 2.35. The Morgan fingerprint density at radius 1 is 1.00 bits per heavy atom. The predicted molar refractivity (Wildman–Crippen MR) is 54.6 cm³/mol. The van der Waals surface area contributed by atoms with E-state index in [0.29, 0.717) is 11.6 Å². The van der Waals surface area contributed by atoms with Crippen LogP contribution in [-0.2, 0) is 6.18 Å². The minimum Gasteiger partial charge on any atom is -0.253 e. The molecule has 0 aliphatic heterocycles. The summed E-state index contributed by atoms with van der Waals surface area (Å²) >= 11 is 0. The summed E-state index contributed by atoms with van der Waals surface area (Å²) in [4.78, 5) is 3.52. The van der Waals surface area contributed by atoms with Crippen molar-refractivity contribution < 1.29 is 17.6 Å². The molecule has 0 bridgehead atoms. The second kappa shape index (κ2) is 4.16. The molecule has 88 valence electrons. The highest BCUT2D eigenvalue weighted by molar-refractivity contribution is 5.63. The number of hydrogen-bond acceptors (Lipinski definition) is 1. The Labute approximate surface area is 94.7 Å². The third-order valence-corrected chi connectivity index (χ3v) is 2.21. The monoisotopic (exact) mass is 241 g/mol. The van der Waals surface area contributed by atoms with E-state index in [-0.39, 0.29) is 5.69 Å². The number of nitrogens with zero attached hydrogens (tertiary/aromatic N) is 1. The molecule has 0 atom stereocenters. The lowest BCUT2D eigenvalue weighted by molar-refractivity contribution is -0.137. The van der Waals surface area contributed by atoms with Gasteiger partial charge in [-0.2, -0.15) is 13.2 Å². The van der Waals surface area contributed by atoms with E-state index in [1.807, 2.05) is 0 Å². The first-order valence-corrected chi connectivity index (χ1v) is 4.76. The van der Waals surface area contributed by atoms with E-state index < -0.39 is 17.6 Å². The maximum atomic E-state index is 12.8. The molecule has 0 radical (unpaired) electrons. The van der Waals surface area contributed by atoms with Crippen LogP contribution in [0, 0.1) is 5.82 Å². The number of rotatable bonds is 1. The van der Waals surface area contributed by atoms with Gasteiger partial charge in [0.25, 0.3) is 0 Å². The van der Waals surface area contributed by atoms with E-state index in [4.69, 9.17) is 0 Å². The fraction of sp³-hybridized carbons (Fsp3) is 0.0833. The number of halogens is 4. The Bertz CT molecular complexity index is 520. The Morgan fingerprint density at radius 3 is 2.24 bits per heavy atom. The van der Waals surface area contributed by atoms with Crippen LogP contribution >= 0.6 is 0 Å². The summed E-state index contributed by atoms with van der Waals surface area (Å²) in [6, 6.07) is 8.32. The van der Waals surface area contributed by atoms with Crippen LogP contribution in [-0.4, -0.2) is 4.98 Å². The van der Waals surface area contributed by atoms with Crippen molar-refractivity contribution in [2.45, 2.75) is 6.18 Å². The molecular formula is C12H7F4N. The van der Waals surface area contributed by atoms with Crippen LogP contribution in [0.15, 0.2) is 42.6 Å². The third-order valence-electron chi connectivity index (χ3n) is 2.21. The van der Waals surface area contributed by atoms with Gasteiger partial charge in [0.05, 0.1) is 17.5 Å². The van der Waals surface area contributed by atoms with Crippen molar-refractivity contribution in [2.24, 2.45) is 0 Å². The Hall–Kier alpha value is -1.91. The third kappa shape index (κ3) is 2.43. The van der Waals surface area contributed by atoms with Crippen LogP contribution < -0.4 is 0 Å². The lowest BCUT2D eigenvalue weighted by Crippen LogP contribution is -2.09. The largest absolute Gasteiger partial charge is 0.418 e. The first kappa shape index (κ1) is 11.6. The summed E-state index contributed by atoms with van der Waals surface area (Å²) in [5.41, 5.74) is -1.02. The van der Waals surface area contributed by atoms with E-state index in [0.717, 1.165) is 6.20 Å². The van der Waals surface area contributed by atoms with E-state index in [1.165, 1.54) is 12.1 Å². The second-order valence-corrected chi connectivity index (χ2v) is 3.41. The summed E-state index contributed by atoms with van der Waals surface area (Å²) in [6.45, 7) is 0. The summed E-state index contributed by atoms with van der Waals surface area (Å²) in [5, 5.41) is 0. The molecule has 0 aliphatic rings. The molecule has 0 spiro atoms. The topological polar surface area (TPSA) is 12.9 Å². The average Bonchev–Trinajstić information content (AvgIpc) is 2.29. The Kier molecular flexibility index (Phi) is 2.83. The molecular weight excluding hydrogens is 234 g/mol. The fourth-order valence-corrected chi connectivity index (χ4v) is 1.48. The van der Waals surface area contributed by atoms with Gasteiger partial charge in [-0.05, 0) is 6.07 Å². The van der Waals surface area contributed by atoms with Gasteiger partial charge in [0, 0.05) is 5.56 Å². The molecule has 5 heteroatoms. The molecule has 2 rings (SSSR count). The number of alkyl halides is 3. The van der Waals surface area contributed by atoms with Crippen LogP contribution in [0.3, 0.4) is 0 Å². The van der Waals surface area contributed by atoms with Crippen LogP contribution in [0.2, 0.25) is 0 Å². The van der Waals surface area contributed by atoms with Gasteiger partial charge < -0.3 is 0 Å². The molecule has 1 aromatic carbocycles. The standard InChI is InChI=1S/C12H7F4N/c13-9-6-10(12(14,15)16)11(17-7-9)8-4-2-1-3-5-8/h1-7H. The van der Waals surface area contributed by atoms with Crippen molar-refractivity contribution in [1.29, 1.82) is 0 Å². The SMILES string of the molecule is Fc1cnc(-c2ccccc2)c(C(F)(F)F)c1. The molecule has 0 fully saturated rings. The molecule has 0 amide bonds. The fourth-order valence-electron chi connectivity index (χ4n) is 1.48. The van der Waals surface area contributed by atoms with Gasteiger partial charge in [0.1, 0.15) is 5.82 Å². The van der Waals surface area contributed by atoms with Crippen molar-refractivity contribution in [2.75, 3.05) is 0 Å². The van der Waals surface area contributed by atoms with E-state index >= 15 is 0 Å². The predicted octanol–water partition coefficient (Wildman–Crippen LogP) is 3.91.